The standard InChI is InChI=1S/C16H14N4O6S/c1-24-8-14-18-19-16(27-14)17-15(21)13-6-5-12(26-13)10-4-3-9(25-2)7-11(10)20(22)23/h3-7H,8H2,1-2H3,(H,17,19,21). The van der Waals surface area contributed by atoms with Crippen LogP contribution in [0.25, 0.3) is 11.3 Å². The third-order valence-corrected chi connectivity index (χ3v) is 4.26. The maximum Gasteiger partial charge on any atom is 0.293 e. The summed E-state index contributed by atoms with van der Waals surface area (Å²) in [4.78, 5) is 23.1. The molecule has 0 unspecified atom stereocenters. The Labute approximate surface area is 156 Å². The summed E-state index contributed by atoms with van der Waals surface area (Å²) in [5, 5.41) is 22.5. The molecule has 1 N–H and O–H groups in total. The zero-order valence-electron chi connectivity index (χ0n) is 14.3. The second-order valence-electron chi connectivity index (χ2n) is 5.19. The Kier molecular flexibility index (Phi) is 5.43. The van der Waals surface area contributed by atoms with Gasteiger partial charge in [0.25, 0.3) is 11.6 Å². The Hall–Kier alpha value is -3.31. The Bertz CT molecular complexity index is 983. The van der Waals surface area contributed by atoms with Crippen molar-refractivity contribution in [2.45, 2.75) is 6.61 Å². The van der Waals surface area contributed by atoms with E-state index in [1.807, 2.05) is 0 Å². The van der Waals surface area contributed by atoms with Gasteiger partial charge in [0.2, 0.25) is 5.13 Å². The second kappa shape index (κ2) is 7.93. The van der Waals surface area contributed by atoms with Gasteiger partial charge in [0.15, 0.2) is 5.76 Å². The summed E-state index contributed by atoms with van der Waals surface area (Å²) >= 11 is 1.17. The van der Waals surface area contributed by atoms with Gasteiger partial charge in [0.05, 0.1) is 23.7 Å². The number of ether oxygens (including phenoxy) is 2. The van der Waals surface area contributed by atoms with Gasteiger partial charge in [-0.05, 0) is 24.3 Å². The molecule has 0 aliphatic rings. The molecule has 0 atom stereocenters. The van der Waals surface area contributed by atoms with E-state index in [0.29, 0.717) is 22.5 Å². The topological polar surface area (TPSA) is 130 Å². The molecule has 10 nitrogen and oxygen atoms in total. The molecular formula is C16H14N4O6S. The van der Waals surface area contributed by atoms with E-state index in [1.54, 1.807) is 6.07 Å². The summed E-state index contributed by atoms with van der Waals surface area (Å²) < 4.78 is 15.4. The first-order chi connectivity index (χ1) is 13.0. The Morgan fingerprint density at radius 2 is 2.11 bits per heavy atom. The predicted molar refractivity (Wildman–Crippen MR) is 95.9 cm³/mol. The molecule has 0 saturated carbocycles. The average molecular weight is 390 g/mol. The predicted octanol–water partition coefficient (Wildman–Crippen LogP) is 3.11. The van der Waals surface area contributed by atoms with E-state index in [9.17, 15) is 14.9 Å². The molecule has 140 valence electrons. The number of amides is 1. The van der Waals surface area contributed by atoms with Crippen molar-refractivity contribution in [3.05, 3.63) is 51.2 Å². The average Bonchev–Trinajstić information content (AvgIpc) is 3.31. The summed E-state index contributed by atoms with van der Waals surface area (Å²) in [7, 11) is 2.95. The number of carbonyl (C=O) groups is 1. The van der Waals surface area contributed by atoms with Crippen molar-refractivity contribution >= 4 is 28.1 Å². The number of benzene rings is 1. The van der Waals surface area contributed by atoms with Gasteiger partial charge < -0.3 is 13.9 Å². The number of nitrogens with one attached hydrogen (secondary N) is 1. The van der Waals surface area contributed by atoms with Crippen LogP contribution in [0.2, 0.25) is 0 Å². The second-order valence-corrected chi connectivity index (χ2v) is 6.25. The van der Waals surface area contributed by atoms with Gasteiger partial charge in [-0.3, -0.25) is 20.2 Å². The van der Waals surface area contributed by atoms with Crippen LogP contribution in [0, 0.1) is 10.1 Å². The first-order valence-corrected chi connectivity index (χ1v) is 8.38. The largest absolute Gasteiger partial charge is 0.497 e. The highest BCUT2D eigenvalue weighted by atomic mass is 32.1. The number of hydrogen-bond donors (Lipinski definition) is 1. The van der Waals surface area contributed by atoms with Gasteiger partial charge in [-0.1, -0.05) is 11.3 Å². The summed E-state index contributed by atoms with van der Waals surface area (Å²) in [6.45, 7) is 0.291. The summed E-state index contributed by atoms with van der Waals surface area (Å²) in [5.41, 5.74) is 0.0436. The SMILES string of the molecule is COCc1nnc(NC(=O)c2ccc(-c3ccc(OC)cc3[N+](=O)[O-])o2)s1. The molecule has 1 aromatic carbocycles. The highest BCUT2D eigenvalue weighted by Gasteiger charge is 2.21. The third-order valence-electron chi connectivity index (χ3n) is 3.45. The first-order valence-electron chi connectivity index (χ1n) is 7.57. The fourth-order valence-electron chi connectivity index (χ4n) is 2.25. The van der Waals surface area contributed by atoms with Gasteiger partial charge >= 0.3 is 0 Å². The monoisotopic (exact) mass is 390 g/mol. The van der Waals surface area contributed by atoms with Crippen molar-refractivity contribution in [1.29, 1.82) is 0 Å². The van der Waals surface area contributed by atoms with Crippen LogP contribution >= 0.6 is 11.3 Å². The summed E-state index contributed by atoms with van der Waals surface area (Å²) in [5.74, 6) is -0.0268. The molecule has 0 spiro atoms. The highest BCUT2D eigenvalue weighted by Crippen LogP contribution is 2.34. The van der Waals surface area contributed by atoms with Crippen LogP contribution in [0.4, 0.5) is 10.8 Å². The molecule has 2 aromatic heterocycles. The lowest BCUT2D eigenvalue weighted by Gasteiger charge is -2.03. The van der Waals surface area contributed by atoms with E-state index in [4.69, 9.17) is 13.9 Å². The third kappa shape index (κ3) is 4.10. The van der Waals surface area contributed by atoms with Gasteiger partial charge in [-0.25, -0.2) is 0 Å². The van der Waals surface area contributed by atoms with E-state index >= 15 is 0 Å². The van der Waals surface area contributed by atoms with Crippen LogP contribution in [0.5, 0.6) is 5.75 Å². The van der Waals surface area contributed by atoms with Crippen LogP contribution in [-0.2, 0) is 11.3 Å². The minimum atomic E-state index is -0.544. The van der Waals surface area contributed by atoms with Crippen molar-refractivity contribution < 1.29 is 23.6 Å². The molecule has 3 aromatic rings. The number of rotatable bonds is 7. The smallest absolute Gasteiger partial charge is 0.293 e. The van der Waals surface area contributed by atoms with Gasteiger partial charge in [-0.2, -0.15) is 0 Å². The number of carbonyl (C=O) groups excluding carboxylic acids is 1. The van der Waals surface area contributed by atoms with Gasteiger partial charge in [0, 0.05) is 7.11 Å². The van der Waals surface area contributed by atoms with Crippen molar-refractivity contribution in [2.75, 3.05) is 19.5 Å². The van der Waals surface area contributed by atoms with Crippen LogP contribution in [-0.4, -0.2) is 35.2 Å². The van der Waals surface area contributed by atoms with Gasteiger partial charge in [-0.15, -0.1) is 10.2 Å². The normalized spacial score (nSPS) is 10.6. The fourth-order valence-corrected chi connectivity index (χ4v) is 2.95. The lowest BCUT2D eigenvalue weighted by Crippen LogP contribution is -2.10. The minimum Gasteiger partial charge on any atom is -0.497 e. The molecule has 0 radical (unpaired) electrons. The van der Waals surface area contributed by atoms with Crippen LogP contribution in [0.1, 0.15) is 15.6 Å². The van der Waals surface area contributed by atoms with Crippen molar-refractivity contribution in [2.24, 2.45) is 0 Å². The quantitative estimate of drug-likeness (QED) is 0.481. The van der Waals surface area contributed by atoms with E-state index in [-0.39, 0.29) is 22.8 Å². The van der Waals surface area contributed by atoms with Crippen molar-refractivity contribution in [3.63, 3.8) is 0 Å². The van der Waals surface area contributed by atoms with Crippen LogP contribution in [0.3, 0.4) is 0 Å². The van der Waals surface area contributed by atoms with Crippen LogP contribution in [0.15, 0.2) is 34.7 Å². The highest BCUT2D eigenvalue weighted by molar-refractivity contribution is 7.15. The maximum absolute atomic E-state index is 12.3. The van der Waals surface area contributed by atoms with E-state index in [2.05, 4.69) is 15.5 Å². The molecule has 0 bridgehead atoms. The number of anilines is 1. The van der Waals surface area contributed by atoms with Gasteiger partial charge in [0.1, 0.15) is 23.1 Å². The Balaban J connectivity index is 1.82. The minimum absolute atomic E-state index is 0.0152. The molecule has 0 fully saturated rings. The van der Waals surface area contributed by atoms with E-state index < -0.39 is 10.8 Å². The number of nitro benzene ring substituents is 1. The number of nitrogens with zero attached hydrogens (tertiary/aromatic N) is 3. The number of hydrogen-bond acceptors (Lipinski definition) is 9. The Morgan fingerprint density at radius 3 is 2.81 bits per heavy atom. The van der Waals surface area contributed by atoms with E-state index in [1.165, 1.54) is 49.8 Å². The summed E-state index contributed by atoms with van der Waals surface area (Å²) in [6, 6.07) is 7.27. The fraction of sp³-hybridized carbons (Fsp3) is 0.188. The number of aromatic nitrogens is 2. The molecule has 1 amide bonds. The van der Waals surface area contributed by atoms with Crippen molar-refractivity contribution in [1.82, 2.24) is 10.2 Å². The molecular weight excluding hydrogens is 376 g/mol. The molecule has 11 heteroatoms. The number of nitro groups is 1. The van der Waals surface area contributed by atoms with E-state index in [0.717, 1.165) is 0 Å². The molecule has 0 aliphatic carbocycles. The van der Waals surface area contributed by atoms with Crippen molar-refractivity contribution in [3.8, 4) is 17.1 Å². The zero-order chi connectivity index (χ0) is 19.4. The molecule has 0 saturated heterocycles. The summed E-state index contributed by atoms with van der Waals surface area (Å²) in [6.07, 6.45) is 0. The zero-order valence-corrected chi connectivity index (χ0v) is 15.1. The number of methoxy groups -OCH3 is 2. The molecule has 27 heavy (non-hydrogen) atoms. The molecule has 3 rings (SSSR count). The van der Waals surface area contributed by atoms with Crippen LogP contribution < -0.4 is 10.1 Å². The first kappa shape index (κ1) is 18.5. The molecule has 0 aliphatic heterocycles. The molecule has 2 heterocycles. The lowest BCUT2D eigenvalue weighted by atomic mass is 10.1. The Morgan fingerprint density at radius 1 is 1.30 bits per heavy atom. The number of furan rings is 1. The lowest BCUT2D eigenvalue weighted by molar-refractivity contribution is -0.384. The maximum atomic E-state index is 12.3.